The highest BCUT2D eigenvalue weighted by atomic mass is 19.4. The minimum atomic E-state index is -4.33. The predicted octanol–water partition coefficient (Wildman–Crippen LogP) is 5.15. The SMILES string of the molecule is CCCCCNc1cc(Nc2ccc(C(F)(F)F)cc2)nc(C)n1. The molecule has 130 valence electrons. The van der Waals surface area contributed by atoms with Gasteiger partial charge in [0.1, 0.15) is 17.5 Å². The molecule has 4 nitrogen and oxygen atoms in total. The third-order valence-corrected chi connectivity index (χ3v) is 3.41. The van der Waals surface area contributed by atoms with E-state index in [1.54, 1.807) is 13.0 Å². The molecule has 0 saturated carbocycles. The number of hydrogen-bond acceptors (Lipinski definition) is 4. The molecule has 0 aliphatic rings. The fraction of sp³-hybridized carbons (Fsp3) is 0.412. The molecular formula is C17H21F3N4. The number of nitrogens with zero attached hydrogens (tertiary/aromatic N) is 2. The Labute approximate surface area is 139 Å². The first-order valence-corrected chi connectivity index (χ1v) is 7.92. The minimum absolute atomic E-state index is 0.540. The summed E-state index contributed by atoms with van der Waals surface area (Å²) >= 11 is 0. The highest BCUT2D eigenvalue weighted by Crippen LogP contribution is 2.30. The van der Waals surface area contributed by atoms with Crippen molar-refractivity contribution in [3.63, 3.8) is 0 Å². The Bertz CT molecular complexity index is 654. The van der Waals surface area contributed by atoms with Crippen LogP contribution in [0.4, 0.5) is 30.5 Å². The van der Waals surface area contributed by atoms with Gasteiger partial charge in [0.05, 0.1) is 5.56 Å². The molecule has 24 heavy (non-hydrogen) atoms. The van der Waals surface area contributed by atoms with E-state index in [0.717, 1.165) is 37.9 Å². The lowest BCUT2D eigenvalue weighted by Gasteiger charge is -2.11. The van der Waals surface area contributed by atoms with Gasteiger partial charge < -0.3 is 10.6 Å². The number of halogens is 3. The van der Waals surface area contributed by atoms with E-state index >= 15 is 0 Å². The Balaban J connectivity index is 2.05. The molecule has 2 aromatic rings. The van der Waals surface area contributed by atoms with Crippen LogP contribution in [-0.2, 0) is 6.18 Å². The molecule has 0 spiro atoms. The summed E-state index contributed by atoms with van der Waals surface area (Å²) in [5, 5.41) is 6.24. The van der Waals surface area contributed by atoms with Gasteiger partial charge >= 0.3 is 6.18 Å². The van der Waals surface area contributed by atoms with Crippen LogP contribution in [0.15, 0.2) is 30.3 Å². The van der Waals surface area contributed by atoms with Crippen molar-refractivity contribution in [1.29, 1.82) is 0 Å². The second kappa shape index (κ2) is 7.99. The first-order chi connectivity index (χ1) is 11.4. The van der Waals surface area contributed by atoms with Gasteiger partial charge in [-0.25, -0.2) is 9.97 Å². The number of anilines is 3. The number of unbranched alkanes of at least 4 members (excludes halogenated alkanes) is 2. The van der Waals surface area contributed by atoms with Crippen molar-refractivity contribution >= 4 is 17.3 Å². The van der Waals surface area contributed by atoms with E-state index in [0.29, 0.717) is 23.1 Å². The molecule has 0 saturated heterocycles. The summed E-state index contributed by atoms with van der Waals surface area (Å²) in [5.74, 6) is 1.83. The van der Waals surface area contributed by atoms with Crippen molar-refractivity contribution in [2.45, 2.75) is 39.3 Å². The molecule has 0 bridgehead atoms. The van der Waals surface area contributed by atoms with Crippen molar-refractivity contribution in [2.75, 3.05) is 17.2 Å². The topological polar surface area (TPSA) is 49.8 Å². The van der Waals surface area contributed by atoms with Gasteiger partial charge in [-0.1, -0.05) is 19.8 Å². The van der Waals surface area contributed by atoms with Crippen LogP contribution in [0.3, 0.4) is 0 Å². The molecule has 0 fully saturated rings. The number of aromatic nitrogens is 2. The van der Waals surface area contributed by atoms with Gasteiger partial charge in [-0.3, -0.25) is 0 Å². The lowest BCUT2D eigenvalue weighted by atomic mass is 10.2. The molecule has 0 amide bonds. The number of aryl methyl sites for hydroxylation is 1. The zero-order valence-electron chi connectivity index (χ0n) is 13.7. The van der Waals surface area contributed by atoms with E-state index in [1.807, 2.05) is 0 Å². The number of nitrogens with one attached hydrogen (secondary N) is 2. The Kier molecular flexibility index (Phi) is 6.00. The van der Waals surface area contributed by atoms with Gasteiger partial charge in [0.2, 0.25) is 0 Å². The average Bonchev–Trinajstić information content (AvgIpc) is 2.51. The summed E-state index contributed by atoms with van der Waals surface area (Å²) < 4.78 is 37.7. The van der Waals surface area contributed by atoms with Crippen molar-refractivity contribution < 1.29 is 13.2 Å². The summed E-state index contributed by atoms with van der Waals surface area (Å²) in [6, 6.07) is 6.60. The van der Waals surface area contributed by atoms with Gasteiger partial charge in [-0.05, 0) is 37.6 Å². The zero-order chi connectivity index (χ0) is 17.6. The van der Waals surface area contributed by atoms with Crippen molar-refractivity contribution in [1.82, 2.24) is 9.97 Å². The van der Waals surface area contributed by atoms with E-state index in [-0.39, 0.29) is 0 Å². The maximum Gasteiger partial charge on any atom is 0.416 e. The Morgan fingerprint density at radius 3 is 2.29 bits per heavy atom. The molecule has 0 radical (unpaired) electrons. The summed E-state index contributed by atoms with van der Waals surface area (Å²) in [5.41, 5.74) is -0.136. The largest absolute Gasteiger partial charge is 0.416 e. The van der Waals surface area contributed by atoms with Crippen molar-refractivity contribution in [3.8, 4) is 0 Å². The third-order valence-electron chi connectivity index (χ3n) is 3.41. The van der Waals surface area contributed by atoms with Crippen LogP contribution in [0.2, 0.25) is 0 Å². The van der Waals surface area contributed by atoms with Crippen LogP contribution in [-0.4, -0.2) is 16.5 Å². The van der Waals surface area contributed by atoms with Crippen LogP contribution in [0, 0.1) is 6.92 Å². The Morgan fingerprint density at radius 2 is 1.67 bits per heavy atom. The number of rotatable bonds is 7. The first-order valence-electron chi connectivity index (χ1n) is 7.92. The monoisotopic (exact) mass is 338 g/mol. The lowest BCUT2D eigenvalue weighted by molar-refractivity contribution is -0.137. The average molecular weight is 338 g/mol. The lowest BCUT2D eigenvalue weighted by Crippen LogP contribution is -2.07. The Hall–Kier alpha value is -2.31. The van der Waals surface area contributed by atoms with Crippen molar-refractivity contribution in [2.24, 2.45) is 0 Å². The highest BCUT2D eigenvalue weighted by Gasteiger charge is 2.29. The molecule has 1 heterocycles. The summed E-state index contributed by atoms with van der Waals surface area (Å²) in [6.07, 6.45) is -0.986. The maximum absolute atomic E-state index is 12.6. The van der Waals surface area contributed by atoms with Crippen LogP contribution in [0.1, 0.15) is 37.6 Å². The molecule has 2 rings (SSSR count). The van der Waals surface area contributed by atoms with Gasteiger partial charge in [0.15, 0.2) is 0 Å². The van der Waals surface area contributed by atoms with Crippen LogP contribution in [0.25, 0.3) is 0 Å². The second-order valence-corrected chi connectivity index (χ2v) is 5.52. The van der Waals surface area contributed by atoms with E-state index in [9.17, 15) is 13.2 Å². The predicted molar refractivity (Wildman–Crippen MR) is 89.5 cm³/mol. The van der Waals surface area contributed by atoms with E-state index in [4.69, 9.17) is 0 Å². The summed E-state index contributed by atoms with van der Waals surface area (Å²) in [6.45, 7) is 4.74. The standard InChI is InChI=1S/C17H21F3N4/c1-3-4-5-10-21-15-11-16(23-12(2)22-15)24-14-8-6-13(7-9-14)17(18,19)20/h6-9,11H,3-5,10H2,1-2H3,(H2,21,22,23,24). The van der Waals surface area contributed by atoms with E-state index in [1.165, 1.54) is 12.1 Å². The Morgan fingerprint density at radius 1 is 1.00 bits per heavy atom. The molecule has 0 unspecified atom stereocenters. The maximum atomic E-state index is 12.6. The molecule has 1 aromatic carbocycles. The summed E-state index contributed by atoms with van der Waals surface area (Å²) in [7, 11) is 0. The van der Waals surface area contributed by atoms with Gasteiger partial charge in [0, 0.05) is 18.3 Å². The fourth-order valence-corrected chi connectivity index (χ4v) is 2.20. The third kappa shape index (κ3) is 5.40. The second-order valence-electron chi connectivity index (χ2n) is 5.52. The molecule has 0 aliphatic carbocycles. The molecular weight excluding hydrogens is 317 g/mol. The number of hydrogen-bond donors (Lipinski definition) is 2. The molecule has 7 heteroatoms. The molecule has 0 atom stereocenters. The molecule has 1 aromatic heterocycles. The summed E-state index contributed by atoms with van der Waals surface area (Å²) in [4.78, 5) is 8.57. The van der Waals surface area contributed by atoms with Crippen molar-refractivity contribution in [3.05, 3.63) is 41.7 Å². The molecule has 0 aliphatic heterocycles. The highest BCUT2D eigenvalue weighted by molar-refractivity contribution is 5.59. The fourth-order valence-electron chi connectivity index (χ4n) is 2.20. The zero-order valence-corrected chi connectivity index (χ0v) is 13.7. The first kappa shape index (κ1) is 18.0. The number of benzene rings is 1. The molecule has 2 N–H and O–H groups in total. The van der Waals surface area contributed by atoms with Gasteiger partial charge in [0.25, 0.3) is 0 Å². The van der Waals surface area contributed by atoms with E-state index in [2.05, 4.69) is 27.5 Å². The van der Waals surface area contributed by atoms with Gasteiger partial charge in [-0.2, -0.15) is 13.2 Å². The number of alkyl halides is 3. The van der Waals surface area contributed by atoms with Crippen LogP contribution < -0.4 is 10.6 Å². The van der Waals surface area contributed by atoms with Crippen LogP contribution in [0.5, 0.6) is 0 Å². The smallest absolute Gasteiger partial charge is 0.370 e. The quantitative estimate of drug-likeness (QED) is 0.686. The normalized spacial score (nSPS) is 11.4. The minimum Gasteiger partial charge on any atom is -0.370 e. The van der Waals surface area contributed by atoms with E-state index < -0.39 is 11.7 Å². The van der Waals surface area contributed by atoms with Gasteiger partial charge in [-0.15, -0.1) is 0 Å². The van der Waals surface area contributed by atoms with Crippen LogP contribution >= 0.6 is 0 Å².